The molecule has 0 spiro atoms. The van der Waals surface area contributed by atoms with Gasteiger partial charge in [-0.1, -0.05) is 0 Å². The number of hydrogen-bond donors (Lipinski definition) is 1. The minimum atomic E-state index is -0.681. The zero-order chi connectivity index (χ0) is 12.7. The molecular formula is C13H10F2N2O. The van der Waals surface area contributed by atoms with Crippen LogP contribution >= 0.6 is 0 Å². The number of nitrogens with zero attached hydrogens (tertiary/aromatic N) is 1. The third-order valence-electron chi connectivity index (χ3n) is 2.88. The molecule has 1 saturated carbocycles. The molecule has 0 radical (unpaired) electrons. The van der Waals surface area contributed by atoms with Crippen LogP contribution in [0, 0.1) is 11.6 Å². The topological polar surface area (TPSA) is 45.8 Å². The van der Waals surface area contributed by atoms with Crippen LogP contribution in [0.15, 0.2) is 29.1 Å². The summed E-state index contributed by atoms with van der Waals surface area (Å²) in [5.74, 6) is -0.488. The number of hydrogen-bond acceptors (Lipinski definition) is 2. The van der Waals surface area contributed by atoms with Gasteiger partial charge in [-0.15, -0.1) is 0 Å². The van der Waals surface area contributed by atoms with Crippen molar-refractivity contribution in [2.24, 2.45) is 0 Å². The van der Waals surface area contributed by atoms with Crippen molar-refractivity contribution in [1.29, 1.82) is 0 Å². The highest BCUT2D eigenvalue weighted by molar-refractivity contribution is 5.58. The molecule has 5 heteroatoms. The molecule has 0 unspecified atom stereocenters. The second-order valence-electron chi connectivity index (χ2n) is 4.45. The summed E-state index contributed by atoms with van der Waals surface area (Å²) in [7, 11) is 0. The summed E-state index contributed by atoms with van der Waals surface area (Å²) in [6.45, 7) is 0. The molecule has 1 N–H and O–H groups in total. The number of halogens is 2. The maximum absolute atomic E-state index is 13.1. The molecule has 3 nitrogen and oxygen atoms in total. The van der Waals surface area contributed by atoms with E-state index in [2.05, 4.69) is 9.97 Å². The fourth-order valence-electron chi connectivity index (χ4n) is 1.88. The van der Waals surface area contributed by atoms with Gasteiger partial charge in [-0.2, -0.15) is 0 Å². The maximum atomic E-state index is 13.1. The number of benzene rings is 1. The van der Waals surface area contributed by atoms with E-state index in [4.69, 9.17) is 0 Å². The lowest BCUT2D eigenvalue weighted by molar-refractivity contribution is 0.584. The SMILES string of the molecule is O=c1cc(-c2cc(F)cc(F)c2)nc(C2CC2)[nH]1. The zero-order valence-electron chi connectivity index (χ0n) is 9.41. The average Bonchev–Trinajstić information content (AvgIpc) is 3.10. The number of aromatic nitrogens is 2. The lowest BCUT2D eigenvalue weighted by Crippen LogP contribution is -2.10. The molecule has 2 aromatic rings. The molecule has 18 heavy (non-hydrogen) atoms. The second kappa shape index (κ2) is 4.01. The molecule has 0 amide bonds. The van der Waals surface area contributed by atoms with E-state index in [9.17, 15) is 13.6 Å². The van der Waals surface area contributed by atoms with Gasteiger partial charge in [0, 0.05) is 23.6 Å². The highest BCUT2D eigenvalue weighted by Crippen LogP contribution is 2.38. The molecule has 1 aromatic heterocycles. The standard InChI is InChI=1S/C13H10F2N2O/c14-9-3-8(4-10(15)5-9)11-6-12(18)17-13(16-11)7-1-2-7/h3-7H,1-2H2,(H,16,17,18). The number of rotatable bonds is 2. The quantitative estimate of drug-likeness (QED) is 0.887. The summed E-state index contributed by atoms with van der Waals surface area (Å²) in [5, 5.41) is 0. The summed E-state index contributed by atoms with van der Waals surface area (Å²) >= 11 is 0. The van der Waals surface area contributed by atoms with E-state index in [0.717, 1.165) is 18.9 Å². The summed E-state index contributed by atoms with van der Waals surface area (Å²) in [4.78, 5) is 18.4. The number of H-pyrrole nitrogens is 1. The van der Waals surface area contributed by atoms with E-state index >= 15 is 0 Å². The van der Waals surface area contributed by atoms with Crippen LogP contribution in [0.2, 0.25) is 0 Å². The summed E-state index contributed by atoms with van der Waals surface area (Å²) in [6, 6.07) is 4.38. The third kappa shape index (κ3) is 2.16. The molecule has 92 valence electrons. The molecule has 0 atom stereocenters. The van der Waals surface area contributed by atoms with Crippen LogP contribution in [0.3, 0.4) is 0 Å². The van der Waals surface area contributed by atoms with E-state index in [0.29, 0.717) is 11.5 Å². The molecule has 0 saturated heterocycles. The van der Waals surface area contributed by atoms with Crippen molar-refractivity contribution in [3.05, 3.63) is 52.1 Å². The number of nitrogens with one attached hydrogen (secondary N) is 1. The monoisotopic (exact) mass is 248 g/mol. The van der Waals surface area contributed by atoms with Gasteiger partial charge in [-0.25, -0.2) is 13.8 Å². The molecule has 1 aliphatic carbocycles. The highest BCUT2D eigenvalue weighted by atomic mass is 19.1. The van der Waals surface area contributed by atoms with E-state index in [-0.39, 0.29) is 17.0 Å². The first-order valence-corrected chi connectivity index (χ1v) is 5.69. The molecule has 1 aromatic carbocycles. The van der Waals surface area contributed by atoms with Gasteiger partial charge >= 0.3 is 0 Å². The van der Waals surface area contributed by atoms with Gasteiger partial charge in [-0.3, -0.25) is 4.79 Å². The Morgan fingerprint density at radius 1 is 1.11 bits per heavy atom. The molecule has 1 aliphatic rings. The van der Waals surface area contributed by atoms with Gasteiger partial charge in [0.05, 0.1) is 5.69 Å². The Bertz CT molecular complexity index is 642. The smallest absolute Gasteiger partial charge is 0.251 e. The van der Waals surface area contributed by atoms with E-state index in [1.54, 1.807) is 0 Å². The first-order valence-electron chi connectivity index (χ1n) is 5.69. The summed E-state index contributed by atoms with van der Waals surface area (Å²) in [5.41, 5.74) is 0.283. The van der Waals surface area contributed by atoms with Crippen molar-refractivity contribution in [2.45, 2.75) is 18.8 Å². The summed E-state index contributed by atoms with van der Waals surface area (Å²) < 4.78 is 26.3. The van der Waals surface area contributed by atoms with Crippen LogP contribution in [0.25, 0.3) is 11.3 Å². The van der Waals surface area contributed by atoms with Crippen LogP contribution in [-0.4, -0.2) is 9.97 Å². The van der Waals surface area contributed by atoms with E-state index in [1.807, 2.05) is 0 Å². The van der Waals surface area contributed by atoms with Gasteiger partial charge in [0.15, 0.2) is 0 Å². The minimum absolute atomic E-state index is 0.274. The third-order valence-corrected chi connectivity index (χ3v) is 2.88. The Balaban J connectivity index is 2.12. The summed E-state index contributed by atoms with van der Waals surface area (Å²) in [6.07, 6.45) is 1.98. The van der Waals surface area contributed by atoms with Crippen molar-refractivity contribution in [2.75, 3.05) is 0 Å². The fourth-order valence-corrected chi connectivity index (χ4v) is 1.88. The first kappa shape index (κ1) is 11.1. The second-order valence-corrected chi connectivity index (χ2v) is 4.45. The van der Waals surface area contributed by atoms with Crippen molar-refractivity contribution >= 4 is 0 Å². The van der Waals surface area contributed by atoms with Gasteiger partial charge in [0.2, 0.25) is 0 Å². The largest absolute Gasteiger partial charge is 0.310 e. The van der Waals surface area contributed by atoms with Crippen LogP contribution in [0.5, 0.6) is 0 Å². The van der Waals surface area contributed by atoms with Gasteiger partial charge in [0.25, 0.3) is 5.56 Å². The van der Waals surface area contributed by atoms with Gasteiger partial charge in [0.1, 0.15) is 17.5 Å². The van der Waals surface area contributed by atoms with Crippen LogP contribution in [-0.2, 0) is 0 Å². The zero-order valence-corrected chi connectivity index (χ0v) is 9.41. The maximum Gasteiger partial charge on any atom is 0.251 e. The Hall–Kier alpha value is -2.04. The van der Waals surface area contributed by atoms with Crippen LogP contribution in [0.1, 0.15) is 24.6 Å². The van der Waals surface area contributed by atoms with E-state index < -0.39 is 11.6 Å². The van der Waals surface area contributed by atoms with Crippen molar-refractivity contribution in [3.63, 3.8) is 0 Å². The molecule has 0 aliphatic heterocycles. The minimum Gasteiger partial charge on any atom is -0.310 e. The van der Waals surface area contributed by atoms with Crippen LogP contribution < -0.4 is 5.56 Å². The lowest BCUT2D eigenvalue weighted by Gasteiger charge is -2.04. The Kier molecular flexibility index (Phi) is 2.47. The Morgan fingerprint density at radius 3 is 2.39 bits per heavy atom. The molecule has 0 bridgehead atoms. The molecule has 1 fully saturated rings. The Labute approximate surface area is 102 Å². The van der Waals surface area contributed by atoms with Crippen molar-refractivity contribution < 1.29 is 8.78 Å². The average molecular weight is 248 g/mol. The normalized spacial score (nSPS) is 14.8. The van der Waals surface area contributed by atoms with Crippen molar-refractivity contribution in [3.8, 4) is 11.3 Å². The predicted molar refractivity (Wildman–Crippen MR) is 62.2 cm³/mol. The lowest BCUT2D eigenvalue weighted by atomic mass is 10.1. The Morgan fingerprint density at radius 2 is 1.78 bits per heavy atom. The highest BCUT2D eigenvalue weighted by Gasteiger charge is 2.26. The van der Waals surface area contributed by atoms with Crippen molar-refractivity contribution in [1.82, 2.24) is 9.97 Å². The molecule has 1 heterocycles. The van der Waals surface area contributed by atoms with Gasteiger partial charge in [-0.05, 0) is 25.0 Å². The number of aromatic amines is 1. The van der Waals surface area contributed by atoms with Crippen LogP contribution in [0.4, 0.5) is 8.78 Å². The fraction of sp³-hybridized carbons (Fsp3) is 0.231. The molecule has 3 rings (SSSR count). The first-order chi connectivity index (χ1) is 8.61. The molecular weight excluding hydrogens is 238 g/mol. The van der Waals surface area contributed by atoms with Gasteiger partial charge < -0.3 is 4.98 Å². The van der Waals surface area contributed by atoms with E-state index in [1.165, 1.54) is 18.2 Å². The predicted octanol–water partition coefficient (Wildman–Crippen LogP) is 2.59.